The summed E-state index contributed by atoms with van der Waals surface area (Å²) in [6.45, 7) is 0.328. The van der Waals surface area contributed by atoms with E-state index in [1.165, 1.54) is 0 Å². The smallest absolute Gasteiger partial charge is 0.333 e. The van der Waals surface area contributed by atoms with Gasteiger partial charge < -0.3 is 5.32 Å². The van der Waals surface area contributed by atoms with Crippen LogP contribution in [0, 0.1) is 0 Å². The van der Waals surface area contributed by atoms with Crippen molar-refractivity contribution in [1.29, 1.82) is 0 Å². The maximum Gasteiger partial charge on any atom is 0.338 e. The molecule has 1 aromatic carbocycles. The largest absolute Gasteiger partial charge is 0.338 e. The zero-order valence-corrected chi connectivity index (χ0v) is 15.2. The van der Waals surface area contributed by atoms with Gasteiger partial charge in [-0.1, -0.05) is 24.3 Å². The molecule has 0 atom stereocenters. The first kappa shape index (κ1) is 16.7. The van der Waals surface area contributed by atoms with Gasteiger partial charge in [0.2, 0.25) is 0 Å². The van der Waals surface area contributed by atoms with Crippen LogP contribution >= 0.6 is 23.3 Å². The van der Waals surface area contributed by atoms with Gasteiger partial charge in [0.05, 0.1) is 5.39 Å². The van der Waals surface area contributed by atoms with Gasteiger partial charge in [-0.25, -0.2) is 14.8 Å². The Morgan fingerprint density at radius 2 is 2.19 bits per heavy atom. The number of benzene rings is 1. The standard InChI is InChI=1S/C18H14N4O2S2/c23-17-14-6-2-7-20-16(14)26-22(17)18(24)21-11-12-4-1-5-13(10-12)15-19-8-3-9-25-15/h1-8,10H,9,11H2,(H,21,24). The van der Waals surface area contributed by atoms with Gasteiger partial charge >= 0.3 is 6.03 Å². The third kappa shape index (κ3) is 3.33. The Morgan fingerprint density at radius 1 is 1.27 bits per heavy atom. The van der Waals surface area contributed by atoms with E-state index in [1.807, 2.05) is 36.5 Å². The van der Waals surface area contributed by atoms with Crippen molar-refractivity contribution in [2.75, 3.05) is 5.75 Å². The highest BCUT2D eigenvalue weighted by atomic mass is 32.2. The molecular weight excluding hydrogens is 368 g/mol. The molecule has 0 fully saturated rings. The number of thioether (sulfide) groups is 1. The highest BCUT2D eigenvalue weighted by Gasteiger charge is 2.14. The van der Waals surface area contributed by atoms with E-state index >= 15 is 0 Å². The quantitative estimate of drug-likeness (QED) is 0.755. The first-order valence-corrected chi connectivity index (χ1v) is 9.68. The highest BCUT2D eigenvalue weighted by Crippen LogP contribution is 2.19. The molecule has 0 spiro atoms. The second kappa shape index (κ2) is 7.27. The van der Waals surface area contributed by atoms with Gasteiger partial charge in [-0.05, 0) is 35.3 Å². The van der Waals surface area contributed by atoms with Gasteiger partial charge in [0.1, 0.15) is 9.87 Å². The number of carbonyl (C=O) groups excluding carboxylic acids is 1. The highest BCUT2D eigenvalue weighted by molar-refractivity contribution is 8.14. The first-order valence-electron chi connectivity index (χ1n) is 7.92. The lowest BCUT2D eigenvalue weighted by Crippen LogP contribution is -2.32. The van der Waals surface area contributed by atoms with E-state index in [2.05, 4.69) is 15.3 Å². The number of rotatable bonds is 3. The zero-order chi connectivity index (χ0) is 17.9. The van der Waals surface area contributed by atoms with Gasteiger partial charge in [-0.15, -0.1) is 11.8 Å². The number of pyridine rings is 1. The topological polar surface area (TPSA) is 76.3 Å². The molecule has 26 heavy (non-hydrogen) atoms. The number of fused-ring (bicyclic) bond motifs is 1. The minimum Gasteiger partial charge on any atom is -0.333 e. The fourth-order valence-electron chi connectivity index (χ4n) is 2.55. The number of hydrogen-bond donors (Lipinski definition) is 1. The monoisotopic (exact) mass is 382 g/mol. The van der Waals surface area contributed by atoms with Gasteiger partial charge in [0, 0.05) is 30.3 Å². The van der Waals surface area contributed by atoms with E-state index in [4.69, 9.17) is 0 Å². The normalized spacial score (nSPS) is 13.6. The SMILES string of the molecule is O=C(NCc1cccc(C2=NC=CCS2)c1)n1sc2ncccc2c1=O. The Balaban J connectivity index is 1.51. The molecule has 1 aliphatic rings. The maximum absolute atomic E-state index is 12.4. The summed E-state index contributed by atoms with van der Waals surface area (Å²) in [5.41, 5.74) is 1.62. The lowest BCUT2D eigenvalue weighted by Gasteiger charge is -2.10. The number of aliphatic imine (C=N–C) groups is 1. The molecule has 8 heteroatoms. The van der Waals surface area contributed by atoms with Crippen LogP contribution in [0.1, 0.15) is 11.1 Å². The van der Waals surface area contributed by atoms with Crippen LogP contribution in [0.5, 0.6) is 0 Å². The van der Waals surface area contributed by atoms with E-state index in [0.29, 0.717) is 16.8 Å². The van der Waals surface area contributed by atoms with E-state index in [1.54, 1.807) is 30.1 Å². The third-order valence-electron chi connectivity index (χ3n) is 3.78. The van der Waals surface area contributed by atoms with E-state index in [9.17, 15) is 9.59 Å². The van der Waals surface area contributed by atoms with Crippen molar-refractivity contribution in [3.05, 3.63) is 76.4 Å². The summed E-state index contributed by atoms with van der Waals surface area (Å²) in [4.78, 5) is 33.7. The van der Waals surface area contributed by atoms with Crippen LogP contribution in [-0.4, -0.2) is 25.8 Å². The summed E-state index contributed by atoms with van der Waals surface area (Å²) in [5.74, 6) is 0.905. The molecular formula is C18H14N4O2S2. The first-order chi connectivity index (χ1) is 12.7. The molecule has 0 saturated carbocycles. The lowest BCUT2D eigenvalue weighted by molar-refractivity contribution is 0.243. The second-order valence-electron chi connectivity index (χ2n) is 5.54. The van der Waals surface area contributed by atoms with Crippen LogP contribution < -0.4 is 10.9 Å². The molecule has 1 aliphatic heterocycles. The van der Waals surface area contributed by atoms with Crippen molar-refractivity contribution in [3.8, 4) is 0 Å². The molecule has 0 bridgehead atoms. The lowest BCUT2D eigenvalue weighted by atomic mass is 10.1. The molecule has 0 saturated heterocycles. The molecule has 0 radical (unpaired) electrons. The predicted octanol–water partition coefficient (Wildman–Crippen LogP) is 3.22. The average Bonchev–Trinajstić information content (AvgIpc) is 3.04. The van der Waals surface area contributed by atoms with Crippen LogP contribution in [0.2, 0.25) is 0 Å². The third-order valence-corrected chi connectivity index (χ3v) is 5.77. The molecule has 1 N–H and O–H groups in total. The minimum absolute atomic E-state index is 0.328. The Kier molecular flexibility index (Phi) is 4.68. The van der Waals surface area contributed by atoms with E-state index in [-0.39, 0.29) is 5.56 Å². The van der Waals surface area contributed by atoms with Crippen molar-refractivity contribution in [2.45, 2.75) is 6.54 Å². The number of nitrogens with one attached hydrogen (secondary N) is 1. The number of nitrogens with zero attached hydrogens (tertiary/aromatic N) is 3. The molecule has 1 amide bonds. The Morgan fingerprint density at radius 3 is 3.00 bits per heavy atom. The molecule has 2 aromatic heterocycles. The molecule has 130 valence electrons. The molecule has 6 nitrogen and oxygen atoms in total. The van der Waals surface area contributed by atoms with E-state index < -0.39 is 6.03 Å². The maximum atomic E-state index is 12.4. The Bertz CT molecular complexity index is 1100. The van der Waals surface area contributed by atoms with Crippen LogP contribution in [0.3, 0.4) is 0 Å². The molecule has 4 rings (SSSR count). The molecule has 3 aromatic rings. The van der Waals surface area contributed by atoms with Crippen LogP contribution in [0.25, 0.3) is 10.2 Å². The Labute approximate surface area is 157 Å². The van der Waals surface area contributed by atoms with Crippen molar-refractivity contribution in [3.63, 3.8) is 0 Å². The minimum atomic E-state index is -0.448. The van der Waals surface area contributed by atoms with Gasteiger partial charge in [-0.2, -0.15) is 3.96 Å². The molecule has 0 unspecified atom stereocenters. The fourth-order valence-corrected chi connectivity index (χ4v) is 4.18. The fraction of sp³-hybridized carbons (Fsp3) is 0.111. The summed E-state index contributed by atoms with van der Waals surface area (Å²) in [5, 5.41) is 4.21. The predicted molar refractivity (Wildman–Crippen MR) is 106 cm³/mol. The molecule has 3 heterocycles. The number of aromatic nitrogens is 2. The van der Waals surface area contributed by atoms with Crippen molar-refractivity contribution >= 4 is 44.6 Å². The van der Waals surface area contributed by atoms with Crippen LogP contribution in [0.4, 0.5) is 4.79 Å². The summed E-state index contributed by atoms with van der Waals surface area (Å²) in [6, 6.07) is 10.8. The second-order valence-corrected chi connectivity index (χ2v) is 7.48. The number of amides is 1. The van der Waals surface area contributed by atoms with Crippen molar-refractivity contribution in [1.82, 2.24) is 14.3 Å². The average molecular weight is 382 g/mol. The van der Waals surface area contributed by atoms with Crippen molar-refractivity contribution in [2.24, 2.45) is 4.99 Å². The van der Waals surface area contributed by atoms with Crippen LogP contribution in [-0.2, 0) is 6.54 Å². The van der Waals surface area contributed by atoms with Crippen LogP contribution in [0.15, 0.2) is 64.7 Å². The van der Waals surface area contributed by atoms with E-state index in [0.717, 1.165) is 37.4 Å². The summed E-state index contributed by atoms with van der Waals surface area (Å²) in [7, 11) is 0. The van der Waals surface area contributed by atoms with Gasteiger partial charge in [0.15, 0.2) is 0 Å². The van der Waals surface area contributed by atoms with Gasteiger partial charge in [-0.3, -0.25) is 4.79 Å². The molecule has 0 aliphatic carbocycles. The summed E-state index contributed by atoms with van der Waals surface area (Å²) >= 11 is 2.72. The van der Waals surface area contributed by atoms with Crippen molar-refractivity contribution < 1.29 is 4.79 Å². The Hall–Kier alpha value is -2.71. The van der Waals surface area contributed by atoms with Gasteiger partial charge in [0.25, 0.3) is 5.56 Å². The number of carbonyl (C=O) groups is 1. The number of hydrogen-bond acceptors (Lipinski definition) is 6. The zero-order valence-electron chi connectivity index (χ0n) is 13.6. The summed E-state index contributed by atoms with van der Waals surface area (Å²) in [6.07, 6.45) is 5.42. The summed E-state index contributed by atoms with van der Waals surface area (Å²) < 4.78 is 1.10.